The van der Waals surface area contributed by atoms with Crippen LogP contribution in [0.1, 0.15) is 74.6 Å². The highest BCUT2D eigenvalue weighted by molar-refractivity contribution is 8.00. The number of amides is 1. The molecule has 2 aromatic rings. The van der Waals surface area contributed by atoms with Gasteiger partial charge in [0.2, 0.25) is 5.91 Å². The van der Waals surface area contributed by atoms with Crippen molar-refractivity contribution in [1.29, 1.82) is 0 Å². The molecule has 2 aliphatic carbocycles. The molecular formula is C22H29N3OS2. The highest BCUT2D eigenvalue weighted by Crippen LogP contribution is 2.44. The molecule has 5 rings (SSSR count). The molecule has 0 radical (unpaired) electrons. The van der Waals surface area contributed by atoms with Gasteiger partial charge in [-0.3, -0.25) is 4.79 Å². The van der Waals surface area contributed by atoms with Crippen LogP contribution < -0.4 is 0 Å². The monoisotopic (exact) mass is 415 g/mol. The molecule has 28 heavy (non-hydrogen) atoms. The molecule has 3 aliphatic rings. The van der Waals surface area contributed by atoms with Crippen LogP contribution in [0.3, 0.4) is 0 Å². The molecule has 6 heteroatoms. The molecule has 2 aromatic heterocycles. The van der Waals surface area contributed by atoms with Gasteiger partial charge in [-0.1, -0.05) is 18.7 Å². The number of thioether (sulfide) groups is 1. The molecule has 1 amide bonds. The predicted octanol–water partition coefficient (Wildman–Crippen LogP) is 5.19. The molecule has 1 saturated heterocycles. The van der Waals surface area contributed by atoms with Crippen molar-refractivity contribution in [2.75, 3.05) is 12.3 Å². The minimum absolute atomic E-state index is 0.273. The summed E-state index contributed by atoms with van der Waals surface area (Å²) < 4.78 is 0. The van der Waals surface area contributed by atoms with E-state index in [1.807, 2.05) is 11.3 Å². The van der Waals surface area contributed by atoms with E-state index in [0.717, 1.165) is 47.4 Å². The van der Waals surface area contributed by atoms with Crippen LogP contribution in [0.25, 0.3) is 10.2 Å². The number of likely N-dealkylation sites (tertiary alicyclic amines) is 1. The maximum atomic E-state index is 12.9. The van der Waals surface area contributed by atoms with Gasteiger partial charge in [0.25, 0.3) is 0 Å². The van der Waals surface area contributed by atoms with Crippen LogP contribution in [-0.2, 0) is 17.6 Å². The Morgan fingerprint density at radius 3 is 2.82 bits per heavy atom. The summed E-state index contributed by atoms with van der Waals surface area (Å²) in [5.41, 5.74) is 1.47. The van der Waals surface area contributed by atoms with Crippen LogP contribution in [0, 0.1) is 5.92 Å². The molecular weight excluding hydrogens is 386 g/mol. The van der Waals surface area contributed by atoms with E-state index in [9.17, 15) is 4.79 Å². The lowest BCUT2D eigenvalue weighted by atomic mass is 9.89. The van der Waals surface area contributed by atoms with Gasteiger partial charge >= 0.3 is 0 Å². The Bertz CT molecular complexity index is 905. The Morgan fingerprint density at radius 2 is 2.04 bits per heavy atom. The van der Waals surface area contributed by atoms with Crippen molar-refractivity contribution in [1.82, 2.24) is 14.9 Å². The third-order valence-corrected chi connectivity index (χ3v) is 8.65. The van der Waals surface area contributed by atoms with Crippen molar-refractivity contribution in [3.05, 3.63) is 16.3 Å². The van der Waals surface area contributed by atoms with Gasteiger partial charge in [0.05, 0.1) is 5.75 Å². The minimum atomic E-state index is 0.273. The van der Waals surface area contributed by atoms with E-state index in [0.29, 0.717) is 17.7 Å². The van der Waals surface area contributed by atoms with Gasteiger partial charge in [-0.25, -0.2) is 9.97 Å². The van der Waals surface area contributed by atoms with E-state index < -0.39 is 0 Å². The zero-order valence-corrected chi connectivity index (χ0v) is 18.5. The first kappa shape index (κ1) is 18.9. The minimum Gasteiger partial charge on any atom is -0.339 e. The average Bonchev–Trinajstić information content (AvgIpc) is 3.47. The zero-order chi connectivity index (χ0) is 19.3. The van der Waals surface area contributed by atoms with Crippen LogP contribution >= 0.6 is 23.1 Å². The second-order valence-electron chi connectivity index (χ2n) is 8.91. The summed E-state index contributed by atoms with van der Waals surface area (Å²) in [4.78, 5) is 27.6. The molecule has 150 valence electrons. The first-order valence-electron chi connectivity index (χ1n) is 10.8. The Balaban J connectivity index is 1.44. The topological polar surface area (TPSA) is 46.1 Å². The second kappa shape index (κ2) is 7.60. The fraction of sp³-hybridized carbons (Fsp3) is 0.682. The van der Waals surface area contributed by atoms with Crippen molar-refractivity contribution in [2.24, 2.45) is 5.92 Å². The largest absolute Gasteiger partial charge is 0.339 e. The summed E-state index contributed by atoms with van der Waals surface area (Å²) in [6.45, 7) is 5.45. The first-order chi connectivity index (χ1) is 13.6. The highest BCUT2D eigenvalue weighted by Gasteiger charge is 2.31. The normalized spacial score (nSPS) is 25.1. The SMILES string of the molecule is C[C@H]1CCc2c(sc3nc(C4CC4)nc(SCC(=O)N4CCCC[C@@H]4C)c23)C1. The molecule has 2 fully saturated rings. The van der Waals surface area contributed by atoms with E-state index in [1.54, 1.807) is 11.8 Å². The number of piperidine rings is 1. The zero-order valence-electron chi connectivity index (χ0n) is 16.9. The first-order valence-corrected chi connectivity index (χ1v) is 12.6. The number of aromatic nitrogens is 2. The van der Waals surface area contributed by atoms with Gasteiger partial charge in [-0.2, -0.15) is 0 Å². The number of carbonyl (C=O) groups excluding carboxylic acids is 1. The quantitative estimate of drug-likeness (QED) is 0.509. The lowest BCUT2D eigenvalue weighted by molar-refractivity contribution is -0.131. The lowest BCUT2D eigenvalue weighted by Crippen LogP contribution is -2.42. The summed E-state index contributed by atoms with van der Waals surface area (Å²) in [5, 5.41) is 2.33. The number of aryl methyl sites for hydroxylation is 1. The summed E-state index contributed by atoms with van der Waals surface area (Å²) >= 11 is 3.54. The number of hydrogen-bond acceptors (Lipinski definition) is 5. The van der Waals surface area contributed by atoms with E-state index in [2.05, 4.69) is 18.7 Å². The maximum Gasteiger partial charge on any atom is 0.233 e. The van der Waals surface area contributed by atoms with Crippen molar-refractivity contribution < 1.29 is 4.79 Å². The van der Waals surface area contributed by atoms with Crippen molar-refractivity contribution in [3.63, 3.8) is 0 Å². The molecule has 1 aliphatic heterocycles. The fourth-order valence-corrected chi connectivity index (χ4v) is 7.04. The van der Waals surface area contributed by atoms with Crippen molar-refractivity contribution in [3.8, 4) is 0 Å². The molecule has 2 atom stereocenters. The Kier molecular flexibility index (Phi) is 5.12. The molecule has 3 heterocycles. The van der Waals surface area contributed by atoms with Gasteiger partial charge in [-0.05, 0) is 69.8 Å². The highest BCUT2D eigenvalue weighted by atomic mass is 32.2. The summed E-state index contributed by atoms with van der Waals surface area (Å²) in [6.07, 6.45) is 9.49. The maximum absolute atomic E-state index is 12.9. The summed E-state index contributed by atoms with van der Waals surface area (Å²) in [7, 11) is 0. The molecule has 0 N–H and O–H groups in total. The summed E-state index contributed by atoms with van der Waals surface area (Å²) in [5.74, 6) is 3.09. The molecule has 0 spiro atoms. The third-order valence-electron chi connectivity index (χ3n) is 6.54. The summed E-state index contributed by atoms with van der Waals surface area (Å²) in [6, 6.07) is 0.379. The lowest BCUT2D eigenvalue weighted by Gasteiger charge is -2.33. The molecule has 1 saturated carbocycles. The van der Waals surface area contributed by atoms with Gasteiger partial charge in [-0.15, -0.1) is 11.3 Å². The fourth-order valence-electron chi connectivity index (χ4n) is 4.63. The van der Waals surface area contributed by atoms with Gasteiger partial charge in [0, 0.05) is 28.8 Å². The van der Waals surface area contributed by atoms with Crippen LogP contribution in [0.15, 0.2) is 5.03 Å². The second-order valence-corrected chi connectivity index (χ2v) is 11.0. The van der Waals surface area contributed by atoms with Gasteiger partial charge < -0.3 is 4.90 Å². The van der Waals surface area contributed by atoms with Gasteiger partial charge in [0.1, 0.15) is 15.7 Å². The van der Waals surface area contributed by atoms with Crippen LogP contribution in [0.2, 0.25) is 0 Å². The molecule has 0 aromatic carbocycles. The van der Waals surface area contributed by atoms with E-state index >= 15 is 0 Å². The van der Waals surface area contributed by atoms with E-state index in [1.165, 1.54) is 47.9 Å². The number of hydrogen-bond donors (Lipinski definition) is 0. The van der Waals surface area contributed by atoms with Gasteiger partial charge in [0.15, 0.2) is 0 Å². The number of fused-ring (bicyclic) bond motifs is 3. The number of nitrogens with zero attached hydrogens (tertiary/aromatic N) is 3. The smallest absolute Gasteiger partial charge is 0.233 e. The Morgan fingerprint density at radius 1 is 1.18 bits per heavy atom. The molecule has 4 nitrogen and oxygen atoms in total. The molecule has 0 unspecified atom stereocenters. The Hall–Kier alpha value is -1.14. The standard InChI is InChI=1S/C22H29N3OS2/c1-13-6-9-16-17(11-13)28-22-19(16)21(23-20(24-22)15-7-8-15)27-12-18(26)25-10-4-3-5-14(25)2/h13-15H,3-12H2,1-2H3/t13-,14-/m0/s1. The number of thiophene rings is 1. The Labute approximate surface area is 175 Å². The number of rotatable bonds is 4. The average molecular weight is 416 g/mol. The van der Waals surface area contributed by atoms with Crippen LogP contribution in [-0.4, -0.2) is 39.1 Å². The predicted molar refractivity (Wildman–Crippen MR) is 116 cm³/mol. The molecule has 0 bridgehead atoms. The van der Waals surface area contributed by atoms with Crippen LogP contribution in [0.5, 0.6) is 0 Å². The van der Waals surface area contributed by atoms with E-state index in [4.69, 9.17) is 9.97 Å². The van der Waals surface area contributed by atoms with Crippen molar-refractivity contribution >= 4 is 39.2 Å². The van der Waals surface area contributed by atoms with E-state index in [-0.39, 0.29) is 5.91 Å². The van der Waals surface area contributed by atoms with Crippen LogP contribution in [0.4, 0.5) is 0 Å². The van der Waals surface area contributed by atoms with Crippen molar-refractivity contribution in [2.45, 2.75) is 82.2 Å². The number of carbonyl (C=O) groups is 1. The third kappa shape index (κ3) is 3.58.